The van der Waals surface area contributed by atoms with Crippen LogP contribution in [0.1, 0.15) is 42.5 Å². The van der Waals surface area contributed by atoms with Crippen LogP contribution in [0, 0.1) is 17.7 Å². The molecule has 29 heavy (non-hydrogen) atoms. The first-order chi connectivity index (χ1) is 13.9. The number of amides is 4. The second-order valence-electron chi connectivity index (χ2n) is 7.29. The summed E-state index contributed by atoms with van der Waals surface area (Å²) in [6.07, 6.45) is 5.33. The maximum Gasteiger partial charge on any atom is 0.269 e. The SMILES string of the molecule is CSCCC(C(=O)NNC(=O)c1ccc(F)cc1)N1C(=O)C2CCCCC2C1=O. The molecule has 0 spiro atoms. The van der Waals surface area contributed by atoms with Gasteiger partial charge >= 0.3 is 0 Å². The topological polar surface area (TPSA) is 95.6 Å². The zero-order valence-electron chi connectivity index (χ0n) is 16.2. The van der Waals surface area contributed by atoms with Crippen molar-refractivity contribution in [3.63, 3.8) is 0 Å². The lowest BCUT2D eigenvalue weighted by atomic mass is 9.81. The minimum atomic E-state index is -0.971. The predicted molar refractivity (Wildman–Crippen MR) is 106 cm³/mol. The summed E-state index contributed by atoms with van der Waals surface area (Å²) in [4.78, 5) is 51.7. The largest absolute Gasteiger partial charge is 0.274 e. The molecule has 1 saturated heterocycles. The van der Waals surface area contributed by atoms with E-state index in [1.54, 1.807) is 0 Å². The summed E-state index contributed by atoms with van der Waals surface area (Å²) in [5.41, 5.74) is 4.76. The number of benzene rings is 1. The number of nitrogens with zero attached hydrogens (tertiary/aromatic N) is 1. The van der Waals surface area contributed by atoms with Crippen LogP contribution in [0.5, 0.6) is 0 Å². The molecule has 3 rings (SSSR count). The Labute approximate surface area is 172 Å². The summed E-state index contributed by atoms with van der Waals surface area (Å²) in [5, 5.41) is 0. The van der Waals surface area contributed by atoms with Gasteiger partial charge < -0.3 is 0 Å². The van der Waals surface area contributed by atoms with E-state index in [9.17, 15) is 23.6 Å². The average Bonchev–Trinajstić information content (AvgIpc) is 2.98. The quantitative estimate of drug-likeness (QED) is 0.540. The normalized spacial score (nSPS) is 22.2. The van der Waals surface area contributed by atoms with Gasteiger partial charge in [0.05, 0.1) is 11.8 Å². The van der Waals surface area contributed by atoms with Crippen molar-refractivity contribution in [1.29, 1.82) is 0 Å². The third-order valence-corrected chi connectivity index (χ3v) is 6.13. The summed E-state index contributed by atoms with van der Waals surface area (Å²) in [6.45, 7) is 0. The van der Waals surface area contributed by atoms with Gasteiger partial charge in [-0.05, 0) is 55.5 Å². The number of nitrogens with one attached hydrogen (secondary N) is 2. The van der Waals surface area contributed by atoms with Crippen LogP contribution in [0.15, 0.2) is 24.3 Å². The summed E-state index contributed by atoms with van der Waals surface area (Å²) in [5.74, 6) is -2.38. The van der Waals surface area contributed by atoms with E-state index in [0.717, 1.165) is 29.9 Å². The molecule has 1 aliphatic heterocycles. The molecule has 2 fully saturated rings. The Bertz CT molecular complexity index is 777. The Morgan fingerprint density at radius 3 is 2.24 bits per heavy atom. The molecule has 4 amide bonds. The molecular weight excluding hydrogens is 397 g/mol. The monoisotopic (exact) mass is 421 g/mol. The van der Waals surface area contributed by atoms with Crippen molar-refractivity contribution in [1.82, 2.24) is 15.8 Å². The molecule has 2 N–H and O–H groups in total. The third-order valence-electron chi connectivity index (χ3n) is 5.49. The highest BCUT2D eigenvalue weighted by molar-refractivity contribution is 7.98. The van der Waals surface area contributed by atoms with Crippen molar-refractivity contribution in [2.45, 2.75) is 38.1 Å². The molecule has 9 heteroatoms. The fourth-order valence-electron chi connectivity index (χ4n) is 3.98. The van der Waals surface area contributed by atoms with E-state index >= 15 is 0 Å². The van der Waals surface area contributed by atoms with Gasteiger partial charge in [-0.25, -0.2) is 4.39 Å². The number of hydrogen-bond donors (Lipinski definition) is 2. The standard InChI is InChI=1S/C20H24FN3O4S/c1-29-11-10-16(24-19(27)14-4-2-3-5-15(14)20(24)28)18(26)23-22-17(25)12-6-8-13(21)9-7-12/h6-9,14-16H,2-5,10-11H2,1H3,(H,22,25)(H,23,26). The average molecular weight is 421 g/mol. The highest BCUT2D eigenvalue weighted by Crippen LogP contribution is 2.39. The van der Waals surface area contributed by atoms with Gasteiger partial charge in [0.2, 0.25) is 11.8 Å². The van der Waals surface area contributed by atoms with Gasteiger partial charge in [0, 0.05) is 5.56 Å². The molecule has 2 aliphatic rings. The van der Waals surface area contributed by atoms with Crippen LogP contribution >= 0.6 is 11.8 Å². The van der Waals surface area contributed by atoms with Crippen LogP contribution in [0.25, 0.3) is 0 Å². The van der Waals surface area contributed by atoms with Crippen LogP contribution in [-0.2, 0) is 14.4 Å². The number of fused-ring (bicyclic) bond motifs is 1. The molecule has 1 aromatic rings. The van der Waals surface area contributed by atoms with E-state index in [4.69, 9.17) is 0 Å². The molecule has 0 bridgehead atoms. The van der Waals surface area contributed by atoms with E-state index in [2.05, 4.69) is 10.9 Å². The lowest BCUT2D eigenvalue weighted by Crippen LogP contribution is -2.54. The van der Waals surface area contributed by atoms with Gasteiger partial charge in [0.1, 0.15) is 11.9 Å². The maximum absolute atomic E-state index is 13.0. The van der Waals surface area contributed by atoms with Crippen molar-refractivity contribution < 1.29 is 23.6 Å². The molecular formula is C20H24FN3O4S. The summed E-state index contributed by atoms with van der Waals surface area (Å²) >= 11 is 1.50. The summed E-state index contributed by atoms with van der Waals surface area (Å²) < 4.78 is 13.0. The van der Waals surface area contributed by atoms with Gasteiger partial charge in [0.25, 0.3) is 11.8 Å². The van der Waals surface area contributed by atoms with Gasteiger partial charge in [0.15, 0.2) is 0 Å². The number of hydrazine groups is 1. The molecule has 3 unspecified atom stereocenters. The number of thioether (sulfide) groups is 1. The first-order valence-corrected chi connectivity index (χ1v) is 11.0. The first kappa shape index (κ1) is 21.3. The van der Waals surface area contributed by atoms with Gasteiger partial charge in [-0.1, -0.05) is 12.8 Å². The van der Waals surface area contributed by atoms with Crippen molar-refractivity contribution in [2.24, 2.45) is 11.8 Å². The van der Waals surface area contributed by atoms with Crippen molar-refractivity contribution in [3.05, 3.63) is 35.6 Å². The van der Waals surface area contributed by atoms with E-state index in [1.807, 2.05) is 6.26 Å². The minimum Gasteiger partial charge on any atom is -0.274 e. The highest BCUT2D eigenvalue weighted by Gasteiger charge is 2.51. The molecule has 0 radical (unpaired) electrons. The lowest BCUT2D eigenvalue weighted by molar-refractivity contribution is -0.148. The van der Waals surface area contributed by atoms with E-state index in [-0.39, 0.29) is 29.2 Å². The molecule has 1 aliphatic carbocycles. The molecule has 1 saturated carbocycles. The third kappa shape index (κ3) is 4.60. The summed E-state index contributed by atoms with van der Waals surface area (Å²) in [7, 11) is 0. The van der Waals surface area contributed by atoms with Crippen molar-refractivity contribution >= 4 is 35.4 Å². The van der Waals surface area contributed by atoms with Gasteiger partial charge in [-0.3, -0.25) is 34.9 Å². The Morgan fingerprint density at radius 2 is 1.69 bits per heavy atom. The second-order valence-corrected chi connectivity index (χ2v) is 8.28. The Hall–Kier alpha value is -2.42. The van der Waals surface area contributed by atoms with Gasteiger partial charge in [-0.2, -0.15) is 11.8 Å². The zero-order chi connectivity index (χ0) is 21.0. The summed E-state index contributed by atoms with van der Waals surface area (Å²) in [6, 6.07) is 3.89. The molecule has 7 nitrogen and oxygen atoms in total. The Balaban J connectivity index is 1.69. The van der Waals surface area contributed by atoms with Gasteiger partial charge in [-0.15, -0.1) is 0 Å². The fourth-order valence-corrected chi connectivity index (χ4v) is 4.44. The lowest BCUT2D eigenvalue weighted by Gasteiger charge is -2.25. The Kier molecular flexibility index (Phi) is 6.89. The number of hydrogen-bond acceptors (Lipinski definition) is 5. The van der Waals surface area contributed by atoms with Crippen LogP contribution < -0.4 is 10.9 Å². The molecule has 156 valence electrons. The molecule has 3 atom stereocenters. The minimum absolute atomic E-state index is 0.173. The number of imide groups is 1. The fraction of sp³-hybridized carbons (Fsp3) is 0.500. The van der Waals surface area contributed by atoms with E-state index in [0.29, 0.717) is 25.0 Å². The van der Waals surface area contributed by atoms with Crippen LogP contribution in [0.4, 0.5) is 4.39 Å². The number of carbonyl (C=O) groups is 4. The van der Waals surface area contributed by atoms with E-state index in [1.165, 1.54) is 23.9 Å². The van der Waals surface area contributed by atoms with Crippen LogP contribution in [-0.4, -0.2) is 46.6 Å². The highest BCUT2D eigenvalue weighted by atomic mass is 32.2. The number of halogens is 1. The molecule has 1 aromatic carbocycles. The number of rotatable bonds is 6. The van der Waals surface area contributed by atoms with E-state index < -0.39 is 23.7 Å². The Morgan fingerprint density at radius 1 is 1.10 bits per heavy atom. The molecule has 0 aromatic heterocycles. The second kappa shape index (κ2) is 9.39. The number of carbonyl (C=O) groups excluding carboxylic acids is 4. The molecule has 1 heterocycles. The number of likely N-dealkylation sites (tertiary alicyclic amines) is 1. The predicted octanol–water partition coefficient (Wildman–Crippen LogP) is 1.88. The smallest absolute Gasteiger partial charge is 0.269 e. The van der Waals surface area contributed by atoms with Crippen LogP contribution in [0.3, 0.4) is 0 Å². The van der Waals surface area contributed by atoms with Crippen molar-refractivity contribution in [3.8, 4) is 0 Å². The van der Waals surface area contributed by atoms with Crippen LogP contribution in [0.2, 0.25) is 0 Å². The van der Waals surface area contributed by atoms with Crippen molar-refractivity contribution in [2.75, 3.05) is 12.0 Å². The first-order valence-electron chi connectivity index (χ1n) is 9.65. The maximum atomic E-state index is 13.0. The zero-order valence-corrected chi connectivity index (χ0v) is 17.0.